The molecular formula is C30H44F3N3O3. The summed E-state index contributed by atoms with van der Waals surface area (Å²) in [6.07, 6.45) is 2.64. The van der Waals surface area contributed by atoms with Crippen LogP contribution in [0, 0.1) is 11.3 Å². The van der Waals surface area contributed by atoms with E-state index >= 15 is 0 Å². The Morgan fingerprint density at radius 1 is 1.03 bits per heavy atom. The number of piperidine rings is 1. The second kappa shape index (κ2) is 13.0. The zero-order chi connectivity index (χ0) is 28.0. The van der Waals surface area contributed by atoms with Crippen molar-refractivity contribution in [1.29, 1.82) is 0 Å². The topological polar surface area (TPSA) is 61.9 Å². The second-order valence-electron chi connectivity index (χ2n) is 12.1. The highest BCUT2D eigenvalue weighted by Gasteiger charge is 2.44. The molecule has 9 heteroatoms. The zero-order valence-corrected chi connectivity index (χ0v) is 23.4. The summed E-state index contributed by atoms with van der Waals surface area (Å²) in [6.45, 7) is 7.29. The fourth-order valence-electron chi connectivity index (χ4n) is 6.47. The lowest BCUT2D eigenvalue weighted by Gasteiger charge is -2.42. The van der Waals surface area contributed by atoms with E-state index < -0.39 is 23.2 Å². The lowest BCUT2D eigenvalue weighted by atomic mass is 9.73. The number of nitrogens with one attached hydrogen (secondary N) is 1. The molecule has 3 heterocycles. The summed E-state index contributed by atoms with van der Waals surface area (Å²) in [5.41, 5.74) is -0.956. The Balaban J connectivity index is 1.50. The summed E-state index contributed by atoms with van der Waals surface area (Å²) in [4.78, 5) is 31.6. The van der Waals surface area contributed by atoms with Crippen LogP contribution >= 0.6 is 0 Å². The number of carbonyl (C=O) groups is 2. The molecule has 6 nitrogen and oxygen atoms in total. The van der Waals surface area contributed by atoms with E-state index in [2.05, 4.69) is 19.2 Å². The number of likely N-dealkylation sites (tertiary alicyclic amines) is 1. The number of fused-ring (bicyclic) bond motifs is 1. The molecule has 3 fully saturated rings. The summed E-state index contributed by atoms with van der Waals surface area (Å²) in [7, 11) is 0. The molecule has 0 radical (unpaired) electrons. The molecule has 1 aromatic rings. The predicted molar refractivity (Wildman–Crippen MR) is 144 cm³/mol. The molecule has 1 spiro atoms. The van der Waals surface area contributed by atoms with Gasteiger partial charge in [-0.3, -0.25) is 14.5 Å². The third-order valence-electron chi connectivity index (χ3n) is 8.74. The van der Waals surface area contributed by atoms with Crippen LogP contribution in [0.5, 0.6) is 0 Å². The van der Waals surface area contributed by atoms with Crippen molar-refractivity contribution in [3.05, 3.63) is 35.4 Å². The molecule has 0 bridgehead atoms. The van der Waals surface area contributed by atoms with E-state index in [1.807, 2.05) is 9.80 Å². The molecule has 4 rings (SSSR count). The smallest absolute Gasteiger partial charge is 0.379 e. The van der Waals surface area contributed by atoms with Crippen molar-refractivity contribution in [3.63, 3.8) is 0 Å². The van der Waals surface area contributed by atoms with Crippen molar-refractivity contribution in [2.75, 3.05) is 32.8 Å². The van der Waals surface area contributed by atoms with E-state index in [0.29, 0.717) is 58.5 Å². The van der Waals surface area contributed by atoms with Gasteiger partial charge in [0.05, 0.1) is 23.6 Å². The molecular weight excluding hydrogens is 507 g/mol. The van der Waals surface area contributed by atoms with Crippen molar-refractivity contribution < 1.29 is 27.5 Å². The van der Waals surface area contributed by atoms with E-state index in [4.69, 9.17) is 4.74 Å². The number of alkyl halides is 3. The highest BCUT2D eigenvalue weighted by Crippen LogP contribution is 2.39. The van der Waals surface area contributed by atoms with Gasteiger partial charge in [-0.25, -0.2) is 0 Å². The molecule has 3 saturated heterocycles. The first-order valence-corrected chi connectivity index (χ1v) is 14.7. The van der Waals surface area contributed by atoms with Gasteiger partial charge in [-0.15, -0.1) is 0 Å². The Morgan fingerprint density at radius 2 is 1.77 bits per heavy atom. The van der Waals surface area contributed by atoms with Gasteiger partial charge in [-0.1, -0.05) is 44.9 Å². The van der Waals surface area contributed by atoms with Gasteiger partial charge in [0, 0.05) is 19.7 Å². The number of benzene rings is 1. The Morgan fingerprint density at radius 3 is 2.49 bits per heavy atom. The van der Waals surface area contributed by atoms with Crippen molar-refractivity contribution in [1.82, 2.24) is 15.1 Å². The molecule has 2 atom stereocenters. The van der Waals surface area contributed by atoms with Crippen LogP contribution in [-0.4, -0.2) is 66.5 Å². The summed E-state index contributed by atoms with van der Waals surface area (Å²) in [6, 6.07) is 5.21. The number of halogens is 3. The highest BCUT2D eigenvalue weighted by atomic mass is 19.4. The van der Waals surface area contributed by atoms with Gasteiger partial charge in [0.2, 0.25) is 11.8 Å². The molecule has 39 heavy (non-hydrogen) atoms. The average Bonchev–Trinajstić information content (AvgIpc) is 3.36. The Labute approximate surface area is 230 Å². The Kier molecular flexibility index (Phi) is 9.97. The van der Waals surface area contributed by atoms with Gasteiger partial charge in [0.1, 0.15) is 6.04 Å². The maximum absolute atomic E-state index is 14.0. The van der Waals surface area contributed by atoms with Gasteiger partial charge in [0.25, 0.3) is 0 Å². The van der Waals surface area contributed by atoms with Gasteiger partial charge in [0.15, 0.2) is 0 Å². The van der Waals surface area contributed by atoms with E-state index in [0.717, 1.165) is 38.2 Å². The van der Waals surface area contributed by atoms with E-state index in [1.165, 1.54) is 12.1 Å². The monoisotopic (exact) mass is 551 g/mol. The number of rotatable bonds is 4. The fraction of sp³-hybridized carbons (Fsp3) is 0.733. The number of carbonyl (C=O) groups excluding carboxylic acids is 2. The van der Waals surface area contributed by atoms with Crippen LogP contribution in [0.1, 0.15) is 82.8 Å². The molecule has 0 aromatic heterocycles. The van der Waals surface area contributed by atoms with Crippen molar-refractivity contribution >= 4 is 11.8 Å². The normalized spacial score (nSPS) is 25.9. The number of amides is 2. The van der Waals surface area contributed by atoms with Gasteiger partial charge in [-0.2, -0.15) is 13.2 Å². The van der Waals surface area contributed by atoms with E-state index in [9.17, 15) is 22.8 Å². The summed E-state index contributed by atoms with van der Waals surface area (Å²) in [5, 5.41) is 3.18. The number of hydrogen-bond acceptors (Lipinski definition) is 4. The zero-order valence-electron chi connectivity index (χ0n) is 23.4. The van der Waals surface area contributed by atoms with Crippen LogP contribution < -0.4 is 5.32 Å². The number of nitrogens with zero attached hydrogens (tertiary/aromatic N) is 2. The third-order valence-corrected chi connectivity index (χ3v) is 8.74. The van der Waals surface area contributed by atoms with Crippen molar-refractivity contribution in [3.8, 4) is 0 Å². The first kappa shape index (κ1) is 29.8. The third kappa shape index (κ3) is 7.54. The first-order chi connectivity index (χ1) is 18.6. The Hall–Kier alpha value is -2.13. The quantitative estimate of drug-likeness (QED) is 0.545. The molecule has 1 N–H and O–H groups in total. The largest absolute Gasteiger partial charge is 0.416 e. The predicted octanol–water partition coefficient (Wildman–Crippen LogP) is 5.40. The minimum atomic E-state index is -4.39. The summed E-state index contributed by atoms with van der Waals surface area (Å²) >= 11 is 0. The van der Waals surface area contributed by atoms with Crippen molar-refractivity contribution in [2.24, 2.45) is 11.3 Å². The number of ether oxygens (including phenoxy) is 1. The minimum Gasteiger partial charge on any atom is -0.379 e. The molecule has 0 saturated carbocycles. The standard InChI is InChI=1S/C30H44F3N3O3/c1-22(2)19-26-27(37)36-15-8-10-24(36)21-39-18-7-3-6-12-29(28(38)34-26)13-16-35(17-14-29)20-23-9-4-5-11-25(23)30(31,32)33/h4-5,9,11,22,24,26H,3,6-8,10,12-21H2,1-2H3,(H,34,38)/t24-,26-/m0/s1. The Bertz CT molecular complexity index is 976. The SMILES string of the molecule is CC(C)C[C@@H]1NC(=O)C2(CCCCCOC[C@@H]3CCCN3C1=O)CCN(Cc1ccccc1C(F)(F)F)CC2. The molecule has 2 amide bonds. The molecule has 218 valence electrons. The molecule has 3 aliphatic heterocycles. The summed E-state index contributed by atoms with van der Waals surface area (Å²) < 4.78 is 46.6. The van der Waals surface area contributed by atoms with E-state index in [-0.39, 0.29) is 35.9 Å². The van der Waals surface area contributed by atoms with Crippen LogP contribution in [0.3, 0.4) is 0 Å². The lowest BCUT2D eigenvalue weighted by molar-refractivity contribution is -0.143. The van der Waals surface area contributed by atoms with Crippen LogP contribution in [0.25, 0.3) is 0 Å². The molecule has 0 aliphatic carbocycles. The van der Waals surface area contributed by atoms with Gasteiger partial charge in [-0.05, 0) is 75.6 Å². The lowest BCUT2D eigenvalue weighted by Crippen LogP contribution is -2.56. The minimum absolute atomic E-state index is 0.0171. The first-order valence-electron chi connectivity index (χ1n) is 14.7. The van der Waals surface area contributed by atoms with Gasteiger partial charge < -0.3 is 15.0 Å². The summed E-state index contributed by atoms with van der Waals surface area (Å²) in [5.74, 6) is 0.152. The van der Waals surface area contributed by atoms with Crippen molar-refractivity contribution in [2.45, 2.75) is 96.4 Å². The molecule has 3 aliphatic rings. The number of hydrogen-bond donors (Lipinski definition) is 1. The maximum Gasteiger partial charge on any atom is 0.416 e. The second-order valence-corrected chi connectivity index (χ2v) is 12.1. The van der Waals surface area contributed by atoms with Gasteiger partial charge >= 0.3 is 6.18 Å². The van der Waals surface area contributed by atoms with Crippen LogP contribution in [-0.2, 0) is 27.0 Å². The van der Waals surface area contributed by atoms with E-state index in [1.54, 1.807) is 6.07 Å². The highest BCUT2D eigenvalue weighted by molar-refractivity contribution is 5.90. The fourth-order valence-corrected chi connectivity index (χ4v) is 6.47. The van der Waals surface area contributed by atoms with Crippen LogP contribution in [0.2, 0.25) is 0 Å². The van der Waals surface area contributed by atoms with Crippen LogP contribution in [0.15, 0.2) is 24.3 Å². The maximum atomic E-state index is 14.0. The molecule has 1 aromatic carbocycles. The average molecular weight is 552 g/mol. The van der Waals surface area contributed by atoms with Crippen LogP contribution in [0.4, 0.5) is 13.2 Å². The molecule has 0 unspecified atom stereocenters.